The minimum Gasteiger partial charge on any atom is -0.465 e. The van der Waals surface area contributed by atoms with Gasteiger partial charge in [-0.2, -0.15) is 0 Å². The van der Waals surface area contributed by atoms with Crippen LogP contribution in [0.2, 0.25) is 10.0 Å². The van der Waals surface area contributed by atoms with Gasteiger partial charge in [0.25, 0.3) is 5.91 Å². The molecule has 1 amide bonds. The lowest BCUT2D eigenvalue weighted by atomic mass is 10.0. The second kappa shape index (κ2) is 8.13. The Morgan fingerprint density at radius 3 is 2.48 bits per heavy atom. The molecule has 0 bridgehead atoms. The number of esters is 1. The van der Waals surface area contributed by atoms with Crippen molar-refractivity contribution in [1.82, 2.24) is 0 Å². The SMILES string of the molecule is COC(=O)c1c(NC(=O)c2ccccc2Cl)sc(C)c1-c1cccc(Cl)c1. The molecule has 0 aliphatic carbocycles. The largest absolute Gasteiger partial charge is 0.465 e. The molecule has 4 nitrogen and oxygen atoms in total. The zero-order chi connectivity index (χ0) is 19.6. The number of hydrogen-bond acceptors (Lipinski definition) is 4. The van der Waals surface area contributed by atoms with E-state index >= 15 is 0 Å². The molecule has 1 N–H and O–H groups in total. The first-order valence-corrected chi connectivity index (χ1v) is 9.53. The summed E-state index contributed by atoms with van der Waals surface area (Å²) in [6, 6.07) is 13.9. The van der Waals surface area contributed by atoms with E-state index in [1.165, 1.54) is 18.4 Å². The van der Waals surface area contributed by atoms with Gasteiger partial charge in [0, 0.05) is 15.5 Å². The standard InChI is InChI=1S/C20H15Cl2NO3S/c1-11-16(12-6-5-7-13(21)10-12)17(20(25)26-2)19(27-11)23-18(24)14-8-3-4-9-15(14)22/h3-10H,1-2H3,(H,23,24). The number of hydrogen-bond donors (Lipinski definition) is 1. The Balaban J connectivity index is 2.09. The molecule has 0 saturated carbocycles. The number of halogens is 2. The van der Waals surface area contributed by atoms with Crippen LogP contribution in [0.4, 0.5) is 5.00 Å². The molecular weight excluding hydrogens is 405 g/mol. The van der Waals surface area contributed by atoms with Gasteiger partial charge in [-0.3, -0.25) is 4.79 Å². The lowest BCUT2D eigenvalue weighted by molar-refractivity contribution is 0.0603. The zero-order valence-electron chi connectivity index (χ0n) is 14.5. The van der Waals surface area contributed by atoms with Gasteiger partial charge >= 0.3 is 5.97 Å². The van der Waals surface area contributed by atoms with Gasteiger partial charge in [-0.15, -0.1) is 11.3 Å². The van der Waals surface area contributed by atoms with E-state index in [-0.39, 0.29) is 0 Å². The summed E-state index contributed by atoms with van der Waals surface area (Å²) in [7, 11) is 1.30. The topological polar surface area (TPSA) is 55.4 Å². The molecule has 3 aromatic rings. The fourth-order valence-corrected chi connectivity index (χ4v) is 4.21. The molecule has 0 spiro atoms. The number of methoxy groups -OCH3 is 1. The second-order valence-corrected chi connectivity index (χ2v) is 7.74. The highest BCUT2D eigenvalue weighted by molar-refractivity contribution is 7.17. The van der Waals surface area contributed by atoms with Gasteiger partial charge in [-0.05, 0) is 36.8 Å². The van der Waals surface area contributed by atoms with Crippen molar-refractivity contribution in [3.8, 4) is 11.1 Å². The molecule has 1 aromatic heterocycles. The third-order valence-corrected chi connectivity index (χ3v) is 5.52. The molecule has 27 heavy (non-hydrogen) atoms. The molecule has 7 heteroatoms. The van der Waals surface area contributed by atoms with Crippen molar-refractivity contribution in [2.75, 3.05) is 12.4 Å². The van der Waals surface area contributed by atoms with Gasteiger partial charge in [0.05, 0.1) is 17.7 Å². The summed E-state index contributed by atoms with van der Waals surface area (Å²) in [5, 5.41) is 4.07. The highest BCUT2D eigenvalue weighted by Crippen LogP contribution is 2.41. The van der Waals surface area contributed by atoms with Crippen LogP contribution in [0.15, 0.2) is 48.5 Å². The van der Waals surface area contributed by atoms with Crippen molar-refractivity contribution in [2.24, 2.45) is 0 Å². The maximum Gasteiger partial charge on any atom is 0.341 e. The van der Waals surface area contributed by atoms with Crippen molar-refractivity contribution in [3.63, 3.8) is 0 Å². The summed E-state index contributed by atoms with van der Waals surface area (Å²) in [6.45, 7) is 1.87. The van der Waals surface area contributed by atoms with Gasteiger partial charge < -0.3 is 10.1 Å². The zero-order valence-corrected chi connectivity index (χ0v) is 16.8. The fraction of sp³-hybridized carbons (Fsp3) is 0.100. The van der Waals surface area contributed by atoms with Gasteiger partial charge in [0.15, 0.2) is 0 Å². The number of anilines is 1. The summed E-state index contributed by atoms with van der Waals surface area (Å²) >= 11 is 13.5. The summed E-state index contributed by atoms with van der Waals surface area (Å²) < 4.78 is 4.95. The molecule has 2 aromatic carbocycles. The molecule has 0 aliphatic heterocycles. The molecule has 0 atom stereocenters. The molecule has 0 radical (unpaired) electrons. The first-order chi connectivity index (χ1) is 12.9. The first kappa shape index (κ1) is 19.4. The minimum atomic E-state index is -0.538. The van der Waals surface area contributed by atoms with Crippen molar-refractivity contribution in [1.29, 1.82) is 0 Å². The van der Waals surface area contributed by atoms with Crippen molar-refractivity contribution in [2.45, 2.75) is 6.92 Å². The predicted molar refractivity (Wildman–Crippen MR) is 110 cm³/mol. The van der Waals surface area contributed by atoms with Crippen molar-refractivity contribution in [3.05, 3.63) is 74.6 Å². The highest BCUT2D eigenvalue weighted by atomic mass is 35.5. The smallest absolute Gasteiger partial charge is 0.341 e. The van der Waals surface area contributed by atoms with E-state index in [9.17, 15) is 9.59 Å². The maximum absolute atomic E-state index is 12.6. The number of benzene rings is 2. The molecule has 0 aliphatic rings. The summed E-state index contributed by atoms with van der Waals surface area (Å²) in [6.07, 6.45) is 0. The van der Waals surface area contributed by atoms with Gasteiger partial charge in [-0.1, -0.05) is 47.5 Å². The number of ether oxygens (including phenoxy) is 1. The van der Waals surface area contributed by atoms with Crippen LogP contribution in [0, 0.1) is 6.92 Å². The summed E-state index contributed by atoms with van der Waals surface area (Å²) in [5.41, 5.74) is 2.08. The number of carbonyl (C=O) groups is 2. The quantitative estimate of drug-likeness (QED) is 0.522. The Hall–Kier alpha value is -2.34. The molecule has 1 heterocycles. The Kier molecular flexibility index (Phi) is 5.85. The van der Waals surface area contributed by atoms with Crippen LogP contribution in [0.1, 0.15) is 25.6 Å². The van der Waals surface area contributed by atoms with Gasteiger partial charge in [0.2, 0.25) is 0 Å². The van der Waals surface area contributed by atoms with Gasteiger partial charge in [0.1, 0.15) is 10.6 Å². The highest BCUT2D eigenvalue weighted by Gasteiger charge is 2.25. The van der Waals surface area contributed by atoms with Crippen molar-refractivity contribution >= 4 is 51.4 Å². The van der Waals surface area contributed by atoms with E-state index in [2.05, 4.69) is 5.32 Å². The van der Waals surface area contributed by atoms with Crippen LogP contribution < -0.4 is 5.32 Å². The molecule has 0 fully saturated rings. The van der Waals surface area contributed by atoms with E-state index in [1.54, 1.807) is 42.5 Å². The van der Waals surface area contributed by atoms with Crippen LogP contribution in [-0.4, -0.2) is 19.0 Å². The molecule has 0 saturated heterocycles. The van der Waals surface area contributed by atoms with E-state index in [0.29, 0.717) is 31.7 Å². The van der Waals surface area contributed by atoms with Gasteiger partial charge in [-0.25, -0.2) is 4.79 Å². The normalized spacial score (nSPS) is 10.5. The average molecular weight is 420 g/mol. The van der Waals surface area contributed by atoms with Crippen LogP contribution >= 0.6 is 34.5 Å². The summed E-state index contributed by atoms with van der Waals surface area (Å²) in [5.74, 6) is -0.937. The minimum absolute atomic E-state index is 0.294. The monoisotopic (exact) mass is 419 g/mol. The maximum atomic E-state index is 12.6. The Morgan fingerprint density at radius 1 is 1.07 bits per heavy atom. The lowest BCUT2D eigenvalue weighted by Gasteiger charge is -2.09. The van der Waals surface area contributed by atoms with Crippen LogP contribution in [0.3, 0.4) is 0 Å². The summed E-state index contributed by atoms with van der Waals surface area (Å²) in [4.78, 5) is 26.0. The number of amides is 1. The number of rotatable bonds is 4. The number of aryl methyl sites for hydroxylation is 1. The third kappa shape index (κ3) is 4.00. The predicted octanol–water partition coefficient (Wildman–Crippen LogP) is 6.07. The Labute approximate surface area is 170 Å². The Bertz CT molecular complexity index is 1030. The van der Waals surface area contributed by atoms with E-state index in [4.69, 9.17) is 27.9 Å². The fourth-order valence-electron chi connectivity index (χ4n) is 2.74. The van der Waals surface area contributed by atoms with E-state index < -0.39 is 11.9 Å². The first-order valence-electron chi connectivity index (χ1n) is 7.96. The third-order valence-electron chi connectivity index (χ3n) is 3.93. The van der Waals surface area contributed by atoms with Crippen molar-refractivity contribution < 1.29 is 14.3 Å². The van der Waals surface area contributed by atoms with E-state index in [0.717, 1.165) is 10.4 Å². The molecule has 0 unspecified atom stereocenters. The second-order valence-electron chi connectivity index (χ2n) is 5.67. The number of thiophene rings is 1. The molecular formula is C20H15Cl2NO3S. The number of carbonyl (C=O) groups excluding carboxylic acids is 2. The average Bonchev–Trinajstić information content (AvgIpc) is 2.97. The van der Waals surface area contributed by atoms with E-state index in [1.807, 2.05) is 13.0 Å². The van der Waals surface area contributed by atoms with Crippen LogP contribution in [-0.2, 0) is 4.74 Å². The molecule has 138 valence electrons. The number of nitrogens with one attached hydrogen (secondary N) is 1. The van der Waals surface area contributed by atoms with Crippen LogP contribution in [0.25, 0.3) is 11.1 Å². The molecule has 3 rings (SSSR count). The lowest BCUT2D eigenvalue weighted by Crippen LogP contribution is -2.14. The van der Waals surface area contributed by atoms with Crippen LogP contribution in [0.5, 0.6) is 0 Å². The Morgan fingerprint density at radius 2 is 1.81 bits per heavy atom.